The highest BCUT2D eigenvalue weighted by Crippen LogP contribution is 2.26. The van der Waals surface area contributed by atoms with E-state index >= 15 is 0 Å². The first-order chi connectivity index (χ1) is 13.1. The van der Waals surface area contributed by atoms with Gasteiger partial charge in [0.15, 0.2) is 5.82 Å². The number of aliphatic hydroxyl groups is 1. The largest absolute Gasteiger partial charge is 0.388 e. The van der Waals surface area contributed by atoms with Gasteiger partial charge in [-0.3, -0.25) is 4.79 Å². The molecule has 3 aromatic rings. The lowest BCUT2D eigenvalue weighted by atomic mass is 9.97. The second kappa shape index (κ2) is 7.11. The number of aryl methyl sites for hydroxylation is 1. The fourth-order valence-corrected chi connectivity index (χ4v) is 3.91. The number of benzene rings is 1. The van der Waals surface area contributed by atoms with Gasteiger partial charge in [-0.1, -0.05) is 12.1 Å². The zero-order valence-corrected chi connectivity index (χ0v) is 15.7. The molecule has 142 valence electrons. The van der Waals surface area contributed by atoms with E-state index in [0.29, 0.717) is 18.9 Å². The first-order valence-corrected chi connectivity index (χ1v) is 9.27. The van der Waals surface area contributed by atoms with Crippen molar-refractivity contribution in [2.24, 2.45) is 7.05 Å². The predicted molar refractivity (Wildman–Crippen MR) is 100.0 cm³/mol. The number of carbonyl (C=O) groups excluding carboxylic acids is 1. The van der Waals surface area contributed by atoms with E-state index in [-0.39, 0.29) is 18.4 Å². The van der Waals surface area contributed by atoms with Gasteiger partial charge in [-0.15, -0.1) is 10.2 Å². The maximum atomic E-state index is 13.0. The van der Waals surface area contributed by atoms with Crippen LogP contribution in [-0.2, 0) is 25.0 Å². The van der Waals surface area contributed by atoms with Gasteiger partial charge in [-0.25, -0.2) is 4.98 Å². The molecule has 2 aromatic heterocycles. The van der Waals surface area contributed by atoms with Gasteiger partial charge in [0, 0.05) is 26.1 Å². The monoisotopic (exact) mass is 368 g/mol. The van der Waals surface area contributed by atoms with Crippen LogP contribution in [0.4, 0.5) is 0 Å². The zero-order chi connectivity index (χ0) is 19.0. The molecule has 1 amide bonds. The molecule has 0 saturated carbocycles. The number of rotatable bonds is 4. The normalized spacial score (nSPS) is 17.6. The molecule has 0 radical (unpaired) electrons. The van der Waals surface area contributed by atoms with Gasteiger partial charge in [0.25, 0.3) is 0 Å². The zero-order valence-electron chi connectivity index (χ0n) is 15.7. The number of para-hydroxylation sites is 2. The minimum atomic E-state index is -0.133. The first-order valence-electron chi connectivity index (χ1n) is 9.27. The van der Waals surface area contributed by atoms with Crippen LogP contribution in [0.1, 0.15) is 36.2 Å². The second-order valence-electron chi connectivity index (χ2n) is 7.10. The lowest BCUT2D eigenvalue weighted by molar-refractivity contribution is -0.133. The molecule has 0 bridgehead atoms. The van der Waals surface area contributed by atoms with Crippen LogP contribution in [0.25, 0.3) is 11.0 Å². The Morgan fingerprint density at radius 3 is 2.89 bits per heavy atom. The third kappa shape index (κ3) is 3.21. The molecule has 0 unspecified atom stereocenters. The van der Waals surface area contributed by atoms with Crippen molar-refractivity contribution in [3.63, 3.8) is 0 Å². The Labute approximate surface area is 157 Å². The van der Waals surface area contributed by atoms with Crippen molar-refractivity contribution >= 4 is 16.9 Å². The molecule has 0 spiro atoms. The Kier molecular flexibility index (Phi) is 4.65. The molecule has 1 aliphatic heterocycles. The van der Waals surface area contributed by atoms with Crippen LogP contribution < -0.4 is 0 Å². The van der Waals surface area contributed by atoms with Crippen molar-refractivity contribution in [3.8, 4) is 0 Å². The van der Waals surface area contributed by atoms with E-state index in [9.17, 15) is 9.90 Å². The predicted octanol–water partition coefficient (Wildman–Crippen LogP) is 1.37. The number of imidazole rings is 1. The van der Waals surface area contributed by atoms with E-state index in [1.807, 2.05) is 52.3 Å². The third-order valence-electron chi connectivity index (χ3n) is 5.42. The van der Waals surface area contributed by atoms with Crippen LogP contribution >= 0.6 is 0 Å². The number of carbonyl (C=O) groups is 1. The van der Waals surface area contributed by atoms with E-state index in [0.717, 1.165) is 42.1 Å². The molecule has 3 heterocycles. The molecule has 1 fully saturated rings. The van der Waals surface area contributed by atoms with Crippen LogP contribution in [0, 0.1) is 6.92 Å². The molecule has 1 atom stereocenters. The summed E-state index contributed by atoms with van der Waals surface area (Å²) in [6, 6.07) is 7.89. The molecule has 1 aliphatic rings. The Balaban J connectivity index is 1.51. The number of likely N-dealkylation sites (tertiary alicyclic amines) is 1. The number of aromatic nitrogens is 5. The summed E-state index contributed by atoms with van der Waals surface area (Å²) in [6.07, 6.45) is 1.90. The van der Waals surface area contributed by atoms with Gasteiger partial charge in [0.05, 0.1) is 11.0 Å². The van der Waals surface area contributed by atoms with Crippen molar-refractivity contribution in [1.29, 1.82) is 0 Å². The number of piperidine rings is 1. The summed E-state index contributed by atoms with van der Waals surface area (Å²) in [5, 5.41) is 17.6. The Morgan fingerprint density at radius 1 is 1.30 bits per heavy atom. The van der Waals surface area contributed by atoms with Crippen LogP contribution in [0.2, 0.25) is 0 Å². The Bertz CT molecular complexity index is 976. The van der Waals surface area contributed by atoms with Crippen molar-refractivity contribution in [3.05, 3.63) is 41.7 Å². The molecule has 1 saturated heterocycles. The van der Waals surface area contributed by atoms with Crippen LogP contribution in [0.3, 0.4) is 0 Å². The summed E-state index contributed by atoms with van der Waals surface area (Å²) in [5.41, 5.74) is 1.90. The van der Waals surface area contributed by atoms with Crippen molar-refractivity contribution in [2.45, 2.75) is 38.8 Å². The molecular weight excluding hydrogens is 344 g/mol. The molecule has 4 rings (SSSR count). The number of hydrogen-bond acceptors (Lipinski definition) is 5. The van der Waals surface area contributed by atoms with Gasteiger partial charge < -0.3 is 19.1 Å². The van der Waals surface area contributed by atoms with Crippen molar-refractivity contribution in [2.75, 3.05) is 13.1 Å². The summed E-state index contributed by atoms with van der Waals surface area (Å²) >= 11 is 0. The summed E-state index contributed by atoms with van der Waals surface area (Å²) in [5.74, 6) is 2.46. The van der Waals surface area contributed by atoms with Crippen molar-refractivity contribution < 1.29 is 9.90 Å². The minimum Gasteiger partial charge on any atom is -0.388 e. The van der Waals surface area contributed by atoms with Gasteiger partial charge in [0.2, 0.25) is 5.91 Å². The van der Waals surface area contributed by atoms with E-state index < -0.39 is 0 Å². The maximum absolute atomic E-state index is 13.0. The standard InChI is InChI=1S/C19H24N6O2/c1-13-20-15-7-3-4-8-16(15)25(13)11-18(27)24-9-5-6-14(10-24)19-22-21-17(12-26)23(19)2/h3-4,7-8,14,26H,5-6,9-12H2,1-2H3/t14-/m0/s1. The summed E-state index contributed by atoms with van der Waals surface area (Å²) in [6.45, 7) is 3.47. The average Bonchev–Trinajstić information content (AvgIpc) is 3.21. The third-order valence-corrected chi connectivity index (χ3v) is 5.42. The number of hydrogen-bond donors (Lipinski definition) is 1. The highest BCUT2D eigenvalue weighted by Gasteiger charge is 2.28. The van der Waals surface area contributed by atoms with Gasteiger partial charge in [-0.05, 0) is 31.9 Å². The summed E-state index contributed by atoms with van der Waals surface area (Å²) in [4.78, 5) is 19.4. The van der Waals surface area contributed by atoms with Crippen LogP contribution in [0.15, 0.2) is 24.3 Å². The fourth-order valence-electron chi connectivity index (χ4n) is 3.91. The van der Waals surface area contributed by atoms with E-state index in [1.165, 1.54) is 0 Å². The molecule has 8 nitrogen and oxygen atoms in total. The second-order valence-corrected chi connectivity index (χ2v) is 7.10. The Hall–Kier alpha value is -2.74. The molecule has 1 aromatic carbocycles. The summed E-state index contributed by atoms with van der Waals surface area (Å²) < 4.78 is 3.82. The highest BCUT2D eigenvalue weighted by atomic mass is 16.3. The van der Waals surface area contributed by atoms with Gasteiger partial charge >= 0.3 is 0 Å². The van der Waals surface area contributed by atoms with E-state index in [2.05, 4.69) is 15.2 Å². The fraction of sp³-hybridized carbons (Fsp3) is 0.474. The molecule has 27 heavy (non-hydrogen) atoms. The highest BCUT2D eigenvalue weighted by molar-refractivity contribution is 5.81. The lowest BCUT2D eigenvalue weighted by Gasteiger charge is -2.32. The van der Waals surface area contributed by atoms with Gasteiger partial charge in [-0.2, -0.15) is 0 Å². The number of amides is 1. The number of nitrogens with zero attached hydrogens (tertiary/aromatic N) is 6. The van der Waals surface area contributed by atoms with E-state index in [4.69, 9.17) is 0 Å². The number of aliphatic hydroxyl groups excluding tert-OH is 1. The molecular formula is C19H24N6O2. The molecule has 8 heteroatoms. The van der Waals surface area contributed by atoms with E-state index in [1.54, 1.807) is 0 Å². The SMILES string of the molecule is Cc1nc2ccccc2n1CC(=O)N1CCC[C@H](c2nnc(CO)n2C)C1. The van der Waals surface area contributed by atoms with Crippen molar-refractivity contribution in [1.82, 2.24) is 29.2 Å². The van der Waals surface area contributed by atoms with Gasteiger partial charge in [0.1, 0.15) is 24.8 Å². The molecule has 1 N–H and O–H groups in total. The quantitative estimate of drug-likeness (QED) is 0.751. The van der Waals surface area contributed by atoms with Crippen LogP contribution in [0.5, 0.6) is 0 Å². The smallest absolute Gasteiger partial charge is 0.242 e. The average molecular weight is 368 g/mol. The number of fused-ring (bicyclic) bond motifs is 1. The summed E-state index contributed by atoms with van der Waals surface area (Å²) in [7, 11) is 1.86. The Morgan fingerprint density at radius 2 is 2.11 bits per heavy atom. The topological polar surface area (TPSA) is 89.1 Å². The minimum absolute atomic E-state index is 0.0931. The van der Waals surface area contributed by atoms with Crippen LogP contribution in [-0.4, -0.2) is 53.3 Å². The lowest BCUT2D eigenvalue weighted by Crippen LogP contribution is -2.41. The molecule has 0 aliphatic carbocycles. The maximum Gasteiger partial charge on any atom is 0.242 e. The first kappa shape index (κ1) is 17.7.